The molecule has 1 aromatic heterocycles. The maximum atomic E-state index is 15.0. The topological polar surface area (TPSA) is 111 Å². The smallest absolute Gasteiger partial charge is 0.414 e. The molecule has 0 bridgehead atoms. The van der Waals surface area contributed by atoms with E-state index in [-0.39, 0.29) is 25.0 Å². The van der Waals surface area contributed by atoms with Crippen LogP contribution in [-0.4, -0.2) is 55.3 Å². The van der Waals surface area contributed by atoms with Crippen molar-refractivity contribution in [1.82, 2.24) is 10.3 Å². The van der Waals surface area contributed by atoms with Crippen molar-refractivity contribution in [3.8, 4) is 6.07 Å². The maximum absolute atomic E-state index is 15.0. The lowest BCUT2D eigenvalue weighted by atomic mass is 10.2. The highest BCUT2D eigenvalue weighted by molar-refractivity contribution is 5.90. The zero-order valence-corrected chi connectivity index (χ0v) is 18.0. The second kappa shape index (κ2) is 8.24. The first kappa shape index (κ1) is 21.0. The fourth-order valence-corrected chi connectivity index (χ4v) is 4.72. The Labute approximate surface area is 190 Å². The number of amides is 2. The number of carbonyl (C=O) groups excluding carboxylic acids is 2. The predicted molar refractivity (Wildman–Crippen MR) is 118 cm³/mol. The Morgan fingerprint density at radius 1 is 1.30 bits per heavy atom. The number of nitrogens with zero attached hydrogens (tertiary/aromatic N) is 4. The van der Waals surface area contributed by atoms with E-state index >= 15 is 0 Å². The van der Waals surface area contributed by atoms with Gasteiger partial charge in [-0.1, -0.05) is 0 Å². The highest BCUT2D eigenvalue weighted by Crippen LogP contribution is 2.49. The molecule has 5 rings (SSSR count). The standard InChI is InChI=1S/C23H23FN6O3/c1-13(31)27-9-16-10-30(23(32)33-16)15-4-5-20(19(24)7-15)29-11-17-18(12-29)21(17)28-22-14(8-25)3-2-6-26-22/h2-7,16-18,21H,9-12H2,1H3,(H,26,28)(H,27,31)/t16-,17-,18+,21?/m0/s1. The Hall–Kier alpha value is -3.87. The van der Waals surface area contributed by atoms with Gasteiger partial charge in [-0.05, 0) is 30.3 Å². The Morgan fingerprint density at radius 3 is 2.79 bits per heavy atom. The quantitative estimate of drug-likeness (QED) is 0.693. The molecule has 2 aliphatic heterocycles. The lowest BCUT2D eigenvalue weighted by Gasteiger charge is -2.24. The van der Waals surface area contributed by atoms with Crippen molar-refractivity contribution >= 4 is 29.2 Å². The number of benzene rings is 1. The van der Waals surface area contributed by atoms with Crippen LogP contribution >= 0.6 is 0 Å². The molecule has 1 aromatic carbocycles. The van der Waals surface area contributed by atoms with Crippen LogP contribution < -0.4 is 20.4 Å². The normalized spacial score (nSPS) is 25.3. The van der Waals surface area contributed by atoms with Gasteiger partial charge < -0.3 is 20.3 Å². The van der Waals surface area contributed by atoms with Crippen LogP contribution in [-0.2, 0) is 9.53 Å². The van der Waals surface area contributed by atoms with Crippen LogP contribution in [0.1, 0.15) is 12.5 Å². The number of hydrogen-bond donors (Lipinski definition) is 2. The van der Waals surface area contributed by atoms with E-state index in [9.17, 15) is 19.2 Å². The summed E-state index contributed by atoms with van der Waals surface area (Å²) in [6, 6.07) is 10.6. The number of ether oxygens (including phenoxy) is 1. The molecule has 170 valence electrons. The summed E-state index contributed by atoms with van der Waals surface area (Å²) in [7, 11) is 0. The van der Waals surface area contributed by atoms with Crippen molar-refractivity contribution in [3.05, 3.63) is 47.9 Å². The number of nitrogens with one attached hydrogen (secondary N) is 2. The number of fused-ring (bicyclic) bond motifs is 1. The molecule has 0 spiro atoms. The highest BCUT2D eigenvalue weighted by Gasteiger charge is 2.56. The van der Waals surface area contributed by atoms with Crippen molar-refractivity contribution in [2.24, 2.45) is 11.8 Å². The number of aromatic nitrogens is 1. The molecule has 33 heavy (non-hydrogen) atoms. The van der Waals surface area contributed by atoms with Crippen molar-refractivity contribution in [1.29, 1.82) is 5.26 Å². The summed E-state index contributed by atoms with van der Waals surface area (Å²) in [6.45, 7) is 3.27. The Kier molecular flexibility index (Phi) is 5.24. The van der Waals surface area contributed by atoms with Crippen LogP contribution in [0.15, 0.2) is 36.5 Å². The zero-order chi connectivity index (χ0) is 23.1. The molecule has 1 aliphatic carbocycles. The predicted octanol–water partition coefficient (Wildman–Crippen LogP) is 2.10. The van der Waals surface area contributed by atoms with Crippen molar-refractivity contribution in [3.63, 3.8) is 0 Å². The number of rotatable bonds is 6. The molecule has 1 saturated carbocycles. The summed E-state index contributed by atoms with van der Waals surface area (Å²) >= 11 is 0. The number of piperidine rings is 1. The number of hydrogen-bond acceptors (Lipinski definition) is 7. The first-order valence-electron chi connectivity index (χ1n) is 10.8. The monoisotopic (exact) mass is 450 g/mol. The van der Waals surface area contributed by atoms with Crippen molar-refractivity contribution in [2.45, 2.75) is 19.1 Å². The zero-order valence-electron chi connectivity index (χ0n) is 18.0. The Bertz CT molecular complexity index is 1140. The van der Waals surface area contributed by atoms with E-state index < -0.39 is 18.0 Å². The van der Waals surface area contributed by atoms with Gasteiger partial charge in [0.15, 0.2) is 0 Å². The summed E-state index contributed by atoms with van der Waals surface area (Å²) in [5.74, 6) is 0.719. The Morgan fingerprint density at radius 2 is 2.09 bits per heavy atom. The summed E-state index contributed by atoms with van der Waals surface area (Å²) in [5.41, 5.74) is 1.44. The van der Waals surface area contributed by atoms with Crippen LogP contribution in [0.2, 0.25) is 0 Å². The molecule has 9 nitrogen and oxygen atoms in total. The van der Waals surface area contributed by atoms with E-state index in [1.165, 1.54) is 17.9 Å². The van der Waals surface area contributed by atoms with E-state index in [1.54, 1.807) is 30.5 Å². The van der Waals surface area contributed by atoms with Crippen LogP contribution in [0.25, 0.3) is 0 Å². The molecule has 2 amide bonds. The molecule has 4 atom stereocenters. The van der Waals surface area contributed by atoms with E-state index in [4.69, 9.17) is 4.74 Å². The van der Waals surface area contributed by atoms with E-state index in [2.05, 4.69) is 21.7 Å². The summed E-state index contributed by atoms with van der Waals surface area (Å²) in [4.78, 5) is 30.9. The lowest BCUT2D eigenvalue weighted by Crippen LogP contribution is -2.33. The van der Waals surface area contributed by atoms with Crippen LogP contribution in [0, 0.1) is 29.0 Å². The number of pyridine rings is 1. The highest BCUT2D eigenvalue weighted by atomic mass is 19.1. The number of nitriles is 1. The van der Waals surface area contributed by atoms with Gasteiger partial charge in [0.2, 0.25) is 5.91 Å². The average molecular weight is 450 g/mol. The second-order valence-corrected chi connectivity index (χ2v) is 8.60. The third-order valence-electron chi connectivity index (χ3n) is 6.46. The number of cyclic esters (lactones) is 1. The van der Waals surface area contributed by atoms with Gasteiger partial charge >= 0.3 is 6.09 Å². The fraction of sp³-hybridized carbons (Fsp3) is 0.391. The minimum Gasteiger partial charge on any atom is -0.442 e. The van der Waals surface area contributed by atoms with Gasteiger partial charge in [0.25, 0.3) is 0 Å². The molecule has 1 unspecified atom stereocenters. The molecule has 2 aromatic rings. The van der Waals surface area contributed by atoms with Gasteiger partial charge in [0, 0.05) is 44.1 Å². The van der Waals surface area contributed by atoms with Crippen LogP contribution in [0.3, 0.4) is 0 Å². The Balaban J connectivity index is 1.20. The molecule has 3 aliphatic rings. The van der Waals surface area contributed by atoms with Crippen LogP contribution in [0.5, 0.6) is 0 Å². The van der Waals surface area contributed by atoms with Gasteiger partial charge in [-0.3, -0.25) is 9.69 Å². The van der Waals surface area contributed by atoms with Crippen molar-refractivity contribution in [2.75, 3.05) is 41.3 Å². The van der Waals surface area contributed by atoms with Crippen LogP contribution in [0.4, 0.5) is 26.4 Å². The third kappa shape index (κ3) is 4.02. The average Bonchev–Trinajstić information content (AvgIpc) is 3.13. The summed E-state index contributed by atoms with van der Waals surface area (Å²) < 4.78 is 20.2. The number of anilines is 3. The van der Waals surface area contributed by atoms with Gasteiger partial charge in [-0.15, -0.1) is 0 Å². The lowest BCUT2D eigenvalue weighted by molar-refractivity contribution is -0.119. The molecule has 3 heterocycles. The SMILES string of the molecule is CC(=O)NC[C@H]1CN(c2ccc(N3C[C@@H]4C(Nc5ncccc5C#N)[C@@H]4C3)c(F)c2)C(=O)O1. The largest absolute Gasteiger partial charge is 0.442 e. The third-order valence-corrected chi connectivity index (χ3v) is 6.46. The van der Waals surface area contributed by atoms with Crippen molar-refractivity contribution < 1.29 is 18.7 Å². The minimum atomic E-state index is -0.555. The van der Waals surface area contributed by atoms with Gasteiger partial charge in [0.1, 0.15) is 23.8 Å². The molecular weight excluding hydrogens is 427 g/mol. The van der Waals surface area contributed by atoms with Gasteiger partial charge in [-0.2, -0.15) is 5.26 Å². The van der Waals surface area contributed by atoms with Gasteiger partial charge in [-0.25, -0.2) is 14.2 Å². The first-order valence-corrected chi connectivity index (χ1v) is 10.8. The summed E-state index contributed by atoms with van der Waals surface area (Å²) in [5, 5.41) is 15.2. The maximum Gasteiger partial charge on any atom is 0.414 e. The molecular formula is C23H23FN6O3. The number of halogens is 1. The first-order chi connectivity index (χ1) is 15.9. The fourth-order valence-electron chi connectivity index (χ4n) is 4.72. The minimum absolute atomic E-state index is 0.202. The molecule has 0 radical (unpaired) electrons. The van der Waals surface area contributed by atoms with Gasteiger partial charge in [0.05, 0.1) is 30.0 Å². The number of carbonyl (C=O) groups is 2. The molecule has 10 heteroatoms. The molecule has 3 fully saturated rings. The second-order valence-electron chi connectivity index (χ2n) is 8.60. The van der Waals surface area contributed by atoms with E-state index in [0.29, 0.717) is 47.7 Å². The molecule has 2 saturated heterocycles. The van der Waals surface area contributed by atoms with E-state index in [0.717, 1.165) is 0 Å². The summed E-state index contributed by atoms with van der Waals surface area (Å²) in [6.07, 6.45) is 0.628. The molecule has 2 N–H and O–H groups in total. The van der Waals surface area contributed by atoms with E-state index in [1.807, 2.05) is 4.90 Å².